The number of ether oxygens (including phenoxy) is 1. The molecule has 1 saturated carbocycles. The molecule has 0 bridgehead atoms. The lowest BCUT2D eigenvalue weighted by Gasteiger charge is -2.15. The van der Waals surface area contributed by atoms with Crippen molar-refractivity contribution in [3.05, 3.63) is 0 Å². The molecule has 1 unspecified atom stereocenters. The van der Waals surface area contributed by atoms with E-state index in [1.54, 1.807) is 0 Å². The molecule has 0 saturated heterocycles. The lowest BCUT2D eigenvalue weighted by molar-refractivity contribution is -0.153. The summed E-state index contributed by atoms with van der Waals surface area (Å²) in [6, 6.07) is 0. The van der Waals surface area contributed by atoms with Crippen LogP contribution in [0.2, 0.25) is 0 Å². The minimum atomic E-state index is -0.367. The fraction of sp³-hybridized carbons (Fsp3) is 0.875. The first-order valence-electron chi connectivity index (χ1n) is 3.89. The van der Waals surface area contributed by atoms with Crippen LogP contribution < -0.4 is 0 Å². The van der Waals surface area contributed by atoms with E-state index in [0.29, 0.717) is 0 Å². The largest absolute Gasteiger partial charge is 0.457 e. The quantitative estimate of drug-likeness (QED) is 0.579. The Labute approximate surface area is 89.3 Å². The molecule has 1 rings (SSSR count). The Morgan fingerprint density at radius 2 is 1.92 bits per heavy atom. The summed E-state index contributed by atoms with van der Waals surface area (Å²) < 4.78 is 5.10. The van der Waals surface area contributed by atoms with Crippen LogP contribution in [0, 0.1) is 5.92 Å². The molecule has 0 spiro atoms. The summed E-state index contributed by atoms with van der Waals surface area (Å²) in [6.45, 7) is 5.58. The monoisotopic (exact) mass is 298 g/mol. The molecule has 70 valence electrons. The zero-order valence-corrected chi connectivity index (χ0v) is 10.5. The van der Waals surface area contributed by atoms with Gasteiger partial charge in [-0.25, -0.2) is 0 Å². The van der Waals surface area contributed by atoms with Gasteiger partial charge in [-0.15, -0.1) is 0 Å². The third-order valence-electron chi connectivity index (χ3n) is 2.01. The highest BCUT2D eigenvalue weighted by Gasteiger charge is 2.65. The van der Waals surface area contributed by atoms with Gasteiger partial charge in [0.15, 0.2) is 0 Å². The lowest BCUT2D eigenvalue weighted by atomic mass is 10.2. The molecule has 0 aliphatic heterocycles. The topological polar surface area (TPSA) is 26.3 Å². The Morgan fingerprint density at radius 1 is 1.50 bits per heavy atom. The van der Waals surface area contributed by atoms with Crippen molar-refractivity contribution >= 4 is 37.8 Å². The van der Waals surface area contributed by atoms with Crippen molar-refractivity contribution in [2.75, 3.05) is 0 Å². The minimum Gasteiger partial charge on any atom is -0.457 e. The van der Waals surface area contributed by atoms with Crippen molar-refractivity contribution in [3.63, 3.8) is 0 Å². The maximum Gasteiger partial charge on any atom is 0.308 e. The number of carbonyl (C=O) groups is 1. The molecule has 0 heterocycles. The Balaban J connectivity index is 2.49. The molecule has 2 nitrogen and oxygen atoms in total. The second-order valence-corrected chi connectivity index (χ2v) is 7.46. The third kappa shape index (κ3) is 1.84. The summed E-state index contributed by atoms with van der Waals surface area (Å²) in [5.74, 6) is -0.198. The highest BCUT2D eigenvalue weighted by Crippen LogP contribution is 2.61. The average molecular weight is 300 g/mol. The molecular formula is C8H12Br2O2. The van der Waals surface area contributed by atoms with E-state index in [0.717, 1.165) is 6.42 Å². The SMILES string of the molecule is CC(C)C(=O)OC1(C)CC1(Br)Br. The van der Waals surface area contributed by atoms with Gasteiger partial charge in [0.05, 0.1) is 5.92 Å². The molecule has 0 N–H and O–H groups in total. The van der Waals surface area contributed by atoms with Gasteiger partial charge >= 0.3 is 5.97 Å². The number of hydrogen-bond acceptors (Lipinski definition) is 2. The van der Waals surface area contributed by atoms with Crippen molar-refractivity contribution in [1.29, 1.82) is 0 Å². The van der Waals surface area contributed by atoms with Crippen molar-refractivity contribution in [3.8, 4) is 0 Å². The smallest absolute Gasteiger partial charge is 0.308 e. The maximum absolute atomic E-state index is 11.2. The summed E-state index contributed by atoms with van der Waals surface area (Å²) in [7, 11) is 0. The molecule has 0 aromatic rings. The maximum atomic E-state index is 11.2. The highest BCUT2D eigenvalue weighted by molar-refractivity contribution is 9.25. The Hall–Kier alpha value is 0.430. The van der Waals surface area contributed by atoms with Crippen LogP contribution >= 0.6 is 31.9 Å². The summed E-state index contributed by atoms with van der Waals surface area (Å²) in [6.07, 6.45) is 0.818. The second-order valence-electron chi connectivity index (χ2n) is 3.69. The van der Waals surface area contributed by atoms with Crippen LogP contribution in [0.25, 0.3) is 0 Å². The van der Waals surface area contributed by atoms with Crippen molar-refractivity contribution in [1.82, 2.24) is 0 Å². The van der Waals surface area contributed by atoms with Crippen LogP contribution in [-0.2, 0) is 9.53 Å². The first kappa shape index (κ1) is 10.5. The van der Waals surface area contributed by atoms with E-state index in [-0.39, 0.29) is 20.7 Å². The van der Waals surface area contributed by atoms with Gasteiger partial charge < -0.3 is 4.74 Å². The number of carbonyl (C=O) groups excluding carboxylic acids is 1. The minimum absolute atomic E-state index is 0.0572. The molecule has 12 heavy (non-hydrogen) atoms. The predicted octanol–water partition coefficient (Wildman–Crippen LogP) is 2.83. The van der Waals surface area contributed by atoms with E-state index < -0.39 is 0 Å². The standard InChI is InChI=1S/C8H12Br2O2/c1-5(2)6(11)12-7(3)4-8(7,9)10/h5H,4H2,1-3H3. The first-order chi connectivity index (χ1) is 5.28. The van der Waals surface area contributed by atoms with Gasteiger partial charge in [-0.1, -0.05) is 45.7 Å². The average Bonchev–Trinajstić information content (AvgIpc) is 2.30. The van der Waals surface area contributed by atoms with Gasteiger partial charge in [0.25, 0.3) is 0 Å². The van der Waals surface area contributed by atoms with Gasteiger partial charge in [-0.2, -0.15) is 0 Å². The second kappa shape index (κ2) is 2.98. The zero-order valence-electron chi connectivity index (χ0n) is 7.36. The van der Waals surface area contributed by atoms with Crippen LogP contribution in [0.4, 0.5) is 0 Å². The molecular weight excluding hydrogens is 288 g/mol. The number of alkyl halides is 2. The van der Waals surface area contributed by atoms with Crippen molar-refractivity contribution < 1.29 is 9.53 Å². The Morgan fingerprint density at radius 3 is 2.17 bits per heavy atom. The number of halogens is 2. The van der Waals surface area contributed by atoms with Crippen LogP contribution in [0.15, 0.2) is 0 Å². The zero-order chi connectivity index (χ0) is 9.57. The van der Waals surface area contributed by atoms with Gasteiger partial charge in [0, 0.05) is 6.42 Å². The molecule has 0 amide bonds. The van der Waals surface area contributed by atoms with Gasteiger partial charge in [0.2, 0.25) is 0 Å². The van der Waals surface area contributed by atoms with E-state index in [9.17, 15) is 4.79 Å². The third-order valence-corrected chi connectivity index (χ3v) is 4.24. The van der Waals surface area contributed by atoms with Gasteiger partial charge in [-0.3, -0.25) is 4.79 Å². The lowest BCUT2D eigenvalue weighted by Crippen LogP contribution is -2.24. The van der Waals surface area contributed by atoms with Gasteiger partial charge in [0.1, 0.15) is 8.83 Å². The summed E-state index contributed by atoms with van der Waals surface area (Å²) >= 11 is 6.85. The Bertz CT molecular complexity index is 213. The van der Waals surface area contributed by atoms with E-state index in [1.807, 2.05) is 20.8 Å². The molecule has 0 radical (unpaired) electrons. The number of esters is 1. The summed E-state index contributed by atoms with van der Waals surface area (Å²) in [4.78, 5) is 11.2. The molecule has 0 aromatic carbocycles. The van der Waals surface area contributed by atoms with E-state index in [2.05, 4.69) is 31.9 Å². The molecule has 1 aliphatic carbocycles. The van der Waals surface area contributed by atoms with E-state index in [1.165, 1.54) is 0 Å². The molecule has 1 aliphatic rings. The first-order valence-corrected chi connectivity index (χ1v) is 5.48. The molecule has 1 atom stereocenters. The van der Waals surface area contributed by atoms with Crippen LogP contribution in [-0.4, -0.2) is 14.8 Å². The van der Waals surface area contributed by atoms with E-state index >= 15 is 0 Å². The molecule has 4 heteroatoms. The van der Waals surface area contributed by atoms with Crippen molar-refractivity contribution in [2.24, 2.45) is 5.92 Å². The highest BCUT2D eigenvalue weighted by atomic mass is 79.9. The normalized spacial score (nSPS) is 31.8. The fourth-order valence-corrected chi connectivity index (χ4v) is 2.06. The van der Waals surface area contributed by atoms with Crippen LogP contribution in [0.5, 0.6) is 0 Å². The van der Waals surface area contributed by atoms with E-state index in [4.69, 9.17) is 4.74 Å². The summed E-state index contributed by atoms with van der Waals surface area (Å²) in [5.41, 5.74) is -0.367. The summed E-state index contributed by atoms with van der Waals surface area (Å²) in [5, 5.41) is 0. The van der Waals surface area contributed by atoms with Crippen molar-refractivity contribution in [2.45, 2.75) is 36.0 Å². The number of hydrogen-bond donors (Lipinski definition) is 0. The molecule has 0 aromatic heterocycles. The predicted molar refractivity (Wildman–Crippen MR) is 54.5 cm³/mol. The Kier molecular flexibility index (Phi) is 2.61. The molecule has 1 fully saturated rings. The van der Waals surface area contributed by atoms with Gasteiger partial charge in [-0.05, 0) is 6.92 Å². The van der Waals surface area contributed by atoms with Crippen LogP contribution in [0.3, 0.4) is 0 Å². The fourth-order valence-electron chi connectivity index (χ4n) is 0.830. The number of rotatable bonds is 2. The van der Waals surface area contributed by atoms with Crippen LogP contribution in [0.1, 0.15) is 27.2 Å².